The molecule has 0 fully saturated rings. The number of hydrogen-bond donors (Lipinski definition) is 0. The van der Waals surface area contributed by atoms with Gasteiger partial charge < -0.3 is 9.13 Å². The zero-order chi connectivity index (χ0) is 44.5. The first-order valence-electron chi connectivity index (χ1n) is 19.8. The Morgan fingerprint density at radius 1 is 0.344 bits per heavy atom. The molecule has 0 aliphatic heterocycles. The van der Waals surface area contributed by atoms with E-state index in [0.717, 1.165) is 38.2 Å². The topological polar surface area (TPSA) is 81.2 Å². The van der Waals surface area contributed by atoms with Gasteiger partial charge in [0, 0.05) is 27.1 Å². The van der Waals surface area contributed by atoms with Gasteiger partial charge in [0.2, 0.25) is 0 Å². The number of alkyl halides is 6. The van der Waals surface area contributed by atoms with Crippen molar-refractivity contribution < 1.29 is 26.3 Å². The first kappa shape index (κ1) is 39.5. The quantitative estimate of drug-likeness (QED) is 0.162. The molecule has 11 heteroatoms. The van der Waals surface area contributed by atoms with Gasteiger partial charge in [0.15, 0.2) is 0 Å². The smallest absolute Gasteiger partial charge is 0.307 e. The highest BCUT2D eigenvalue weighted by Gasteiger charge is 2.37. The molecule has 0 bridgehead atoms. The van der Waals surface area contributed by atoms with E-state index in [9.17, 15) is 42.1 Å². The Balaban J connectivity index is 1.34. The maximum atomic E-state index is 14.3. The van der Waals surface area contributed by atoms with Crippen LogP contribution >= 0.6 is 0 Å². The lowest BCUT2D eigenvalue weighted by molar-refractivity contribution is -0.143. The van der Waals surface area contributed by atoms with Crippen molar-refractivity contribution in [2.45, 2.75) is 12.4 Å². The van der Waals surface area contributed by atoms with Crippen LogP contribution in [0.5, 0.6) is 0 Å². The molecule has 0 radical (unpaired) electrons. The third-order valence-electron chi connectivity index (χ3n) is 11.7. The van der Waals surface area contributed by atoms with Crippen LogP contribution in [0.3, 0.4) is 0 Å². The summed E-state index contributed by atoms with van der Waals surface area (Å²) in [4.78, 5) is 0. The lowest BCUT2D eigenvalue weighted by Gasteiger charge is -2.20. The van der Waals surface area contributed by atoms with E-state index in [1.54, 1.807) is 24.3 Å². The van der Waals surface area contributed by atoms with E-state index in [2.05, 4.69) is 18.2 Å². The first-order valence-corrected chi connectivity index (χ1v) is 19.8. The van der Waals surface area contributed by atoms with Crippen LogP contribution in [0.2, 0.25) is 0 Å². The van der Waals surface area contributed by atoms with Crippen molar-refractivity contribution in [2.24, 2.45) is 0 Å². The van der Waals surface area contributed by atoms with Gasteiger partial charge in [0.25, 0.3) is 0 Å². The van der Waals surface area contributed by atoms with Crippen molar-refractivity contribution in [3.8, 4) is 63.0 Å². The largest absolute Gasteiger partial charge is 0.416 e. The summed E-state index contributed by atoms with van der Waals surface area (Å²) in [7, 11) is 0. The Hall–Kier alpha value is -8.59. The van der Waals surface area contributed by atoms with E-state index in [4.69, 9.17) is 0 Å². The molecule has 64 heavy (non-hydrogen) atoms. The van der Waals surface area contributed by atoms with Gasteiger partial charge in [-0.1, -0.05) is 84.9 Å². The molecule has 2 heterocycles. The van der Waals surface area contributed by atoms with Crippen LogP contribution in [-0.2, 0) is 12.4 Å². The summed E-state index contributed by atoms with van der Waals surface area (Å²) < 4.78 is 89.9. The molecule has 0 aliphatic carbocycles. The van der Waals surface area contributed by atoms with Crippen LogP contribution in [0.1, 0.15) is 27.8 Å². The van der Waals surface area contributed by atoms with E-state index in [1.165, 1.54) is 12.1 Å². The monoisotopic (exact) mass is 847 g/mol. The second-order valence-corrected chi connectivity index (χ2v) is 15.3. The van der Waals surface area contributed by atoms with Crippen LogP contribution in [0, 0.1) is 34.0 Å². The van der Waals surface area contributed by atoms with Crippen molar-refractivity contribution in [3.05, 3.63) is 192 Å². The predicted octanol–water partition coefficient (Wildman–Crippen LogP) is 14.5. The molecular formula is C53H27F6N5. The van der Waals surface area contributed by atoms with Gasteiger partial charge in [-0.25, -0.2) is 0 Å². The van der Waals surface area contributed by atoms with E-state index in [0.29, 0.717) is 62.3 Å². The van der Waals surface area contributed by atoms with Crippen molar-refractivity contribution in [1.29, 1.82) is 15.8 Å². The molecule has 10 aromatic rings. The number of nitrogens with zero attached hydrogens (tertiary/aromatic N) is 5. The minimum absolute atomic E-state index is 0.0706. The Morgan fingerprint density at radius 3 is 1.20 bits per heavy atom. The molecule has 306 valence electrons. The fraction of sp³-hybridized carbons (Fsp3) is 0.0377. The standard InChI is InChI=1S/C53H27F6N5/c54-52(55,56)37-21-35(22-38(26-37)53(57,58)59)43-27-51(64-47-16-8-6-14-42(47)45-24-32(18-20-49(45)64)40-12-4-2-10-34(40)29-61)50(25-36(43)30-62)63-46-15-7-5-13-41(46)44-23-31(17-19-48(44)63)39-11-3-1-9-33(39)28-60/h1-27H. The molecule has 5 nitrogen and oxygen atoms in total. The van der Waals surface area contributed by atoms with Crippen LogP contribution in [0.4, 0.5) is 26.3 Å². The van der Waals surface area contributed by atoms with Gasteiger partial charge in [-0.2, -0.15) is 42.1 Å². The Kier molecular flexibility index (Phi) is 9.14. The van der Waals surface area contributed by atoms with E-state index in [1.807, 2.05) is 118 Å². The average Bonchev–Trinajstić information content (AvgIpc) is 3.82. The van der Waals surface area contributed by atoms with Crippen molar-refractivity contribution >= 4 is 43.6 Å². The van der Waals surface area contributed by atoms with Gasteiger partial charge in [-0.3, -0.25) is 0 Å². The number of rotatable bonds is 5. The Labute approximate surface area is 360 Å². The number of halogens is 6. The number of benzene rings is 8. The van der Waals surface area contributed by atoms with Crippen molar-refractivity contribution in [1.82, 2.24) is 9.13 Å². The molecule has 2 aromatic heterocycles. The highest BCUT2D eigenvalue weighted by atomic mass is 19.4. The number of para-hydroxylation sites is 2. The second kappa shape index (κ2) is 14.8. The zero-order valence-electron chi connectivity index (χ0n) is 33.1. The molecule has 0 amide bonds. The third kappa shape index (κ3) is 6.40. The van der Waals surface area contributed by atoms with E-state index >= 15 is 0 Å². The highest BCUT2D eigenvalue weighted by molar-refractivity contribution is 6.13. The van der Waals surface area contributed by atoms with E-state index in [-0.39, 0.29) is 17.2 Å². The third-order valence-corrected chi connectivity index (χ3v) is 11.7. The van der Waals surface area contributed by atoms with E-state index < -0.39 is 29.0 Å². The molecule has 0 unspecified atom stereocenters. The summed E-state index contributed by atoms with van der Waals surface area (Å²) in [6.07, 6.45) is -10.3. The fourth-order valence-corrected chi connectivity index (χ4v) is 8.84. The fourth-order valence-electron chi connectivity index (χ4n) is 8.84. The van der Waals surface area contributed by atoms with Crippen molar-refractivity contribution in [3.63, 3.8) is 0 Å². The van der Waals surface area contributed by atoms with Crippen molar-refractivity contribution in [2.75, 3.05) is 0 Å². The van der Waals surface area contributed by atoms with Gasteiger partial charge in [0.1, 0.15) is 0 Å². The summed E-state index contributed by atoms with van der Waals surface area (Å²) >= 11 is 0. The number of aromatic nitrogens is 2. The summed E-state index contributed by atoms with van der Waals surface area (Å²) in [5.41, 5.74) is 3.64. The van der Waals surface area contributed by atoms with Gasteiger partial charge in [-0.05, 0) is 107 Å². The van der Waals surface area contributed by atoms with Crippen LogP contribution < -0.4 is 0 Å². The average molecular weight is 848 g/mol. The molecule has 0 saturated heterocycles. The molecule has 8 aromatic carbocycles. The number of fused-ring (bicyclic) bond motifs is 6. The lowest BCUT2D eigenvalue weighted by atomic mass is 9.94. The summed E-state index contributed by atoms with van der Waals surface area (Å²) in [5.74, 6) is 0. The Morgan fingerprint density at radius 2 is 0.750 bits per heavy atom. The molecular weight excluding hydrogens is 821 g/mol. The minimum atomic E-state index is -5.13. The molecule has 0 aliphatic rings. The lowest BCUT2D eigenvalue weighted by Crippen LogP contribution is -2.11. The summed E-state index contributed by atoms with van der Waals surface area (Å²) in [5, 5.41) is 33.8. The maximum Gasteiger partial charge on any atom is 0.416 e. The molecule has 0 saturated carbocycles. The Bertz CT molecular complexity index is 3670. The zero-order valence-corrected chi connectivity index (χ0v) is 33.1. The van der Waals surface area contributed by atoms with Gasteiger partial charge >= 0.3 is 12.4 Å². The summed E-state index contributed by atoms with van der Waals surface area (Å²) in [6, 6.07) is 51.9. The molecule has 10 rings (SSSR count). The second-order valence-electron chi connectivity index (χ2n) is 15.3. The normalized spacial score (nSPS) is 11.9. The maximum absolute atomic E-state index is 14.3. The van der Waals surface area contributed by atoms with Crippen LogP contribution in [-0.4, -0.2) is 9.13 Å². The number of hydrogen-bond acceptors (Lipinski definition) is 3. The predicted molar refractivity (Wildman–Crippen MR) is 236 cm³/mol. The highest BCUT2D eigenvalue weighted by Crippen LogP contribution is 2.45. The first-order chi connectivity index (χ1) is 30.9. The van der Waals surface area contributed by atoms with Crippen LogP contribution in [0.15, 0.2) is 164 Å². The molecule has 0 N–H and O–H groups in total. The van der Waals surface area contributed by atoms with Gasteiger partial charge in [0.05, 0.1) is 79.5 Å². The minimum Gasteiger partial charge on any atom is -0.307 e. The molecule has 0 spiro atoms. The van der Waals surface area contributed by atoms with Gasteiger partial charge in [-0.15, -0.1) is 0 Å². The summed E-state index contributed by atoms with van der Waals surface area (Å²) in [6.45, 7) is 0. The molecule has 0 atom stereocenters. The number of nitriles is 3. The SMILES string of the molecule is N#Cc1ccccc1-c1ccc2c(c1)c1ccccc1n2-c1cc(C#N)c(-c2cc(C(F)(F)F)cc(C(F)(F)F)c2)cc1-n1c2ccccc2c2cc(-c3ccccc3C#N)ccc21. The van der Waals surface area contributed by atoms with Crippen LogP contribution in [0.25, 0.3) is 88.4 Å².